The van der Waals surface area contributed by atoms with Crippen LogP contribution in [0.1, 0.15) is 25.3 Å². The normalized spacial score (nSPS) is 22.6. The summed E-state index contributed by atoms with van der Waals surface area (Å²) >= 11 is 6.29. The number of aromatic amines is 1. The van der Waals surface area contributed by atoms with Gasteiger partial charge in [-0.2, -0.15) is 23.3 Å². The highest BCUT2D eigenvalue weighted by Gasteiger charge is 2.51. The highest BCUT2D eigenvalue weighted by atomic mass is 35.5. The van der Waals surface area contributed by atoms with E-state index in [9.17, 15) is 37.4 Å². The Morgan fingerprint density at radius 3 is 2.63 bits per heavy atom. The van der Waals surface area contributed by atoms with Crippen molar-refractivity contribution in [1.82, 2.24) is 30.0 Å². The van der Waals surface area contributed by atoms with Gasteiger partial charge in [0.15, 0.2) is 11.0 Å². The number of rotatable bonds is 10. The predicted molar refractivity (Wildman–Crippen MR) is 153 cm³/mol. The molecule has 0 radical (unpaired) electrons. The van der Waals surface area contributed by atoms with Gasteiger partial charge in [-0.1, -0.05) is 23.3 Å². The van der Waals surface area contributed by atoms with Crippen molar-refractivity contribution in [1.29, 1.82) is 0 Å². The molecule has 0 fully saturated rings. The summed E-state index contributed by atoms with van der Waals surface area (Å²) in [6, 6.07) is 0. The van der Waals surface area contributed by atoms with E-state index in [1.54, 1.807) is 19.2 Å². The summed E-state index contributed by atoms with van der Waals surface area (Å²) in [4.78, 5) is 41.4. The number of halogens is 4. The number of alkyl halides is 3. The van der Waals surface area contributed by atoms with Gasteiger partial charge >= 0.3 is 19.7 Å². The molecule has 0 saturated heterocycles. The van der Waals surface area contributed by atoms with E-state index in [0.29, 0.717) is 17.5 Å². The molecule has 13 nitrogen and oxygen atoms in total. The van der Waals surface area contributed by atoms with Crippen LogP contribution in [0.25, 0.3) is 0 Å². The van der Waals surface area contributed by atoms with E-state index >= 15 is 0 Å². The second-order valence-electron chi connectivity index (χ2n) is 9.90. The fraction of sp³-hybridized carbons (Fsp3) is 0.360. The monoisotopic (exact) mass is 645 g/mol. The number of aromatic nitrogens is 4. The van der Waals surface area contributed by atoms with E-state index in [1.807, 2.05) is 0 Å². The number of likely N-dealkylation sites (N-methyl/N-ethyl adjacent to an activating group) is 1. The molecule has 1 amide bonds. The van der Waals surface area contributed by atoms with Gasteiger partial charge in [-0.3, -0.25) is 14.5 Å². The van der Waals surface area contributed by atoms with Gasteiger partial charge in [-0.15, -0.1) is 0 Å². The van der Waals surface area contributed by atoms with Crippen LogP contribution in [0.2, 0.25) is 0 Å². The van der Waals surface area contributed by atoms with Crippen molar-refractivity contribution in [2.45, 2.75) is 31.2 Å². The summed E-state index contributed by atoms with van der Waals surface area (Å²) < 4.78 is 54.9. The van der Waals surface area contributed by atoms with E-state index in [4.69, 9.17) is 11.6 Å². The summed E-state index contributed by atoms with van der Waals surface area (Å²) in [5.41, 5.74) is -0.179. The molecule has 232 valence electrons. The summed E-state index contributed by atoms with van der Waals surface area (Å²) in [6.07, 6.45) is 4.39. The van der Waals surface area contributed by atoms with E-state index in [1.165, 1.54) is 31.5 Å². The first-order chi connectivity index (χ1) is 20.2. The average Bonchev–Trinajstić information content (AvgIpc) is 3.48. The predicted octanol–water partition coefficient (Wildman–Crippen LogP) is 3.31. The summed E-state index contributed by atoms with van der Waals surface area (Å²) in [6.45, 7) is 1.87. The molecule has 2 atom stereocenters. The molecule has 18 heteroatoms. The number of hydrogen-bond acceptors (Lipinski definition) is 8. The number of carbonyl (C=O) groups is 1. The zero-order valence-corrected chi connectivity index (χ0v) is 24.6. The molecule has 0 saturated carbocycles. The third kappa shape index (κ3) is 6.25. The third-order valence-electron chi connectivity index (χ3n) is 7.13. The van der Waals surface area contributed by atoms with Gasteiger partial charge in [-0.25, -0.2) is 9.47 Å². The van der Waals surface area contributed by atoms with Crippen molar-refractivity contribution in [3.05, 3.63) is 70.5 Å². The van der Waals surface area contributed by atoms with Gasteiger partial charge < -0.3 is 30.8 Å². The van der Waals surface area contributed by atoms with Crippen molar-refractivity contribution >= 4 is 42.6 Å². The first kappa shape index (κ1) is 32.4. The van der Waals surface area contributed by atoms with Gasteiger partial charge in [0, 0.05) is 32.7 Å². The summed E-state index contributed by atoms with van der Waals surface area (Å²) in [7, 11) is -3.71. The van der Waals surface area contributed by atoms with Crippen LogP contribution in [0.4, 0.5) is 30.6 Å². The molecule has 1 aliphatic carbocycles. The molecular weight excluding hydrogens is 616 g/mol. The zero-order chi connectivity index (χ0) is 31.6. The molecule has 0 aromatic carbocycles. The number of carbonyl (C=O) groups excluding carboxylic acids is 1. The number of nitrogens with one attached hydrogen (secondary N) is 4. The Kier molecular flexibility index (Phi) is 9.21. The first-order valence-corrected chi connectivity index (χ1v) is 14.9. The Hall–Kier alpha value is -3.53. The second-order valence-corrected chi connectivity index (χ2v) is 12.2. The Labute approximate surface area is 249 Å². The van der Waals surface area contributed by atoms with Gasteiger partial charge in [0.2, 0.25) is 11.6 Å². The smallest absolute Gasteiger partial charge is 0.396 e. The largest absolute Gasteiger partial charge is 0.421 e. The summed E-state index contributed by atoms with van der Waals surface area (Å²) in [5, 5.41) is 21.4. The van der Waals surface area contributed by atoms with Gasteiger partial charge in [0.05, 0.1) is 17.8 Å². The highest BCUT2D eigenvalue weighted by Crippen LogP contribution is 2.59. The number of aliphatic hydroxyl groups excluding tert-OH is 1. The number of hydrogen-bond donors (Lipinski definition) is 7. The topological polar surface area (TPSA) is 185 Å². The van der Waals surface area contributed by atoms with Gasteiger partial charge in [-0.05, 0) is 25.2 Å². The maximum absolute atomic E-state index is 14.2. The number of quaternary nitrogens is 1. The molecule has 3 heterocycles. The van der Waals surface area contributed by atoms with Crippen molar-refractivity contribution in [2.75, 3.05) is 37.4 Å². The zero-order valence-electron chi connectivity index (χ0n) is 23.0. The minimum atomic E-state index is -5.08. The lowest BCUT2D eigenvalue weighted by Gasteiger charge is -2.39. The molecule has 0 bridgehead atoms. The maximum atomic E-state index is 14.2. The van der Waals surface area contributed by atoms with E-state index in [-0.39, 0.29) is 53.4 Å². The van der Waals surface area contributed by atoms with E-state index < -0.39 is 42.3 Å². The van der Waals surface area contributed by atoms with Crippen molar-refractivity contribution in [3.63, 3.8) is 0 Å². The molecule has 2 unspecified atom stereocenters. The van der Waals surface area contributed by atoms with Crippen LogP contribution < -0.4 is 20.4 Å². The lowest BCUT2D eigenvalue weighted by molar-refractivity contribution is -0.137. The maximum Gasteiger partial charge on any atom is 0.421 e. The number of allylic oxidation sites excluding steroid dienone is 3. The standard InChI is InChI=1S/C25H29ClF3N8O5P/c1-15-6-7-24(19(26)11-15,43(40,41)42)36-23-31-14-17(25(27,28)29)21(35-23)34-18-5-3-8-37(9-4-10-38,16-12-32-33-13-16)20(18)22(39)30-2/h3,5-6,11-14,38H,4,7-10H2,1-2H3,(H5-,30,31,32,33,34,35,36,39,40,41,42)/p+1. The molecule has 1 aliphatic heterocycles. The highest BCUT2D eigenvalue weighted by molar-refractivity contribution is 7.54. The van der Waals surface area contributed by atoms with E-state index in [0.717, 1.165) is 0 Å². The molecule has 2 aromatic rings. The van der Waals surface area contributed by atoms with Gasteiger partial charge in [0.1, 0.15) is 29.8 Å². The SMILES string of the molecule is CNC(=O)C1=C(Nc2nc(NC3(P(=O)(O)O)CC=C(C)C=C3Cl)ncc2C(F)(F)F)C=CC[N+]1(CCCO)c1cn[nH]c1. The Morgan fingerprint density at radius 1 is 1.30 bits per heavy atom. The lowest BCUT2D eigenvalue weighted by Crippen LogP contribution is -2.55. The fourth-order valence-corrected chi connectivity index (χ4v) is 6.50. The molecule has 2 aliphatic rings. The van der Waals surface area contributed by atoms with Crippen LogP contribution in [0.3, 0.4) is 0 Å². The molecule has 43 heavy (non-hydrogen) atoms. The third-order valence-corrected chi connectivity index (χ3v) is 9.23. The molecule has 7 N–H and O–H groups in total. The Morgan fingerprint density at radius 2 is 2.05 bits per heavy atom. The van der Waals surface area contributed by atoms with Crippen LogP contribution in [0, 0.1) is 0 Å². The quantitative estimate of drug-likeness (QED) is 0.149. The molecule has 4 rings (SSSR count). The van der Waals surface area contributed by atoms with Crippen LogP contribution in [0.5, 0.6) is 0 Å². The Balaban J connectivity index is 1.88. The number of H-pyrrole nitrogens is 1. The van der Waals surface area contributed by atoms with Crippen LogP contribution in [0.15, 0.2) is 64.9 Å². The molecule has 2 aromatic heterocycles. The minimum Gasteiger partial charge on any atom is -0.396 e. The van der Waals surface area contributed by atoms with Gasteiger partial charge in [0.25, 0.3) is 0 Å². The minimum absolute atomic E-state index is 0.0201. The number of nitrogens with zero attached hydrogens (tertiary/aromatic N) is 4. The van der Waals surface area contributed by atoms with Crippen LogP contribution >= 0.6 is 19.2 Å². The average molecular weight is 646 g/mol. The summed E-state index contributed by atoms with van der Waals surface area (Å²) in [5.74, 6) is -1.96. The molecular formula is C25H30ClF3N8O5P+. The van der Waals surface area contributed by atoms with Crippen molar-refractivity contribution in [2.24, 2.45) is 0 Å². The van der Waals surface area contributed by atoms with E-state index in [2.05, 4.69) is 36.1 Å². The number of amides is 1. The van der Waals surface area contributed by atoms with Crippen molar-refractivity contribution < 1.29 is 37.4 Å². The van der Waals surface area contributed by atoms with Crippen molar-refractivity contribution in [3.8, 4) is 0 Å². The first-order valence-electron chi connectivity index (χ1n) is 12.9. The lowest BCUT2D eigenvalue weighted by atomic mass is 10.0. The molecule has 0 spiro atoms. The number of aliphatic hydroxyl groups is 1. The fourth-order valence-electron chi connectivity index (χ4n) is 4.96. The second kappa shape index (κ2) is 12.2. The number of anilines is 2. The Bertz CT molecular complexity index is 1560. The van der Waals surface area contributed by atoms with Crippen LogP contribution in [-0.4, -0.2) is 73.0 Å². The van der Waals surface area contributed by atoms with Crippen LogP contribution in [-0.2, 0) is 15.5 Å².